The first kappa shape index (κ1) is 13.9. The van der Waals surface area contributed by atoms with Crippen LogP contribution in [0, 0.1) is 0 Å². The van der Waals surface area contributed by atoms with E-state index in [2.05, 4.69) is 9.37 Å². The summed E-state index contributed by atoms with van der Waals surface area (Å²) in [4.78, 5) is 0. The highest BCUT2D eigenvalue weighted by molar-refractivity contribution is 7.97. The molecule has 0 atom stereocenters. The largest absolute Gasteiger partial charge is 0.444 e. The summed E-state index contributed by atoms with van der Waals surface area (Å²) in [7, 11) is -6.31. The van der Waals surface area contributed by atoms with Gasteiger partial charge in [0.2, 0.25) is 0 Å². The molecule has 0 aromatic heterocycles. The van der Waals surface area contributed by atoms with E-state index in [-0.39, 0.29) is 0 Å². The van der Waals surface area contributed by atoms with Crippen molar-refractivity contribution in [3.8, 4) is 0 Å². The molecule has 0 spiro atoms. The van der Waals surface area contributed by atoms with Crippen LogP contribution < -0.4 is 0 Å². The van der Waals surface area contributed by atoms with E-state index < -0.39 is 32.7 Å². The Kier molecular flexibility index (Phi) is 4.12. The van der Waals surface area contributed by atoms with Gasteiger partial charge in [-0.25, -0.2) is 5.26 Å². The summed E-state index contributed by atoms with van der Waals surface area (Å²) >= 11 is -1.48. The summed E-state index contributed by atoms with van der Waals surface area (Å²) in [5.74, 6) is 0. The minimum Gasteiger partial charge on any atom is -0.281 e. The van der Waals surface area contributed by atoms with Crippen LogP contribution in [0.3, 0.4) is 0 Å². The fraction of sp³-hybridized carbons (Fsp3) is 1.00. The lowest BCUT2D eigenvalue weighted by atomic mass is 10.7. The van der Waals surface area contributed by atoms with Crippen molar-refractivity contribution in [1.82, 2.24) is 0 Å². The quantitative estimate of drug-likeness (QED) is 0.252. The molecule has 0 saturated carbocycles. The van der Waals surface area contributed by atoms with Gasteiger partial charge in [-0.05, 0) is 0 Å². The first-order chi connectivity index (χ1) is 6.06. The maximum absolute atomic E-state index is 12.2. The molecule has 0 aromatic rings. The van der Waals surface area contributed by atoms with Gasteiger partial charge in [-0.2, -0.15) is 26.0 Å². The highest BCUT2D eigenvalue weighted by Crippen LogP contribution is 2.46. The zero-order chi connectivity index (χ0) is 11.6. The van der Waals surface area contributed by atoms with Crippen molar-refractivity contribution < 1.29 is 45.2 Å². The Bertz CT molecular complexity index is 286. The monoisotopic (exact) mass is 262 g/mol. The van der Waals surface area contributed by atoms with Crippen LogP contribution in [0.1, 0.15) is 0 Å². The van der Waals surface area contributed by atoms with Gasteiger partial charge in [0, 0.05) is 0 Å². The number of rotatable bonds is 5. The van der Waals surface area contributed by atoms with E-state index in [1.807, 2.05) is 0 Å². The first-order valence-corrected chi connectivity index (χ1v) is 4.63. The number of hydrogen-bond donors (Lipinski definition) is 2. The van der Waals surface area contributed by atoms with Crippen LogP contribution in [0.15, 0.2) is 0 Å². The molecule has 0 rings (SSSR count). The van der Waals surface area contributed by atoms with E-state index in [9.17, 15) is 26.0 Å². The fourth-order valence-electron chi connectivity index (χ4n) is 0.257. The van der Waals surface area contributed by atoms with E-state index in [4.69, 9.17) is 9.81 Å². The third-order valence-electron chi connectivity index (χ3n) is 0.832. The minimum atomic E-state index is -6.31. The molecular weight excluding hydrogens is 260 g/mol. The molecule has 0 heterocycles. The van der Waals surface area contributed by atoms with Gasteiger partial charge in [-0.1, -0.05) is 5.04 Å². The molecule has 2 N–H and O–H groups in total. The topological polar surface area (TPSA) is 93.1 Å². The molecule has 12 heteroatoms. The molecule has 0 radical (unpaired) electrons. The summed E-state index contributed by atoms with van der Waals surface area (Å²) in [6, 6.07) is 0. The van der Waals surface area contributed by atoms with Gasteiger partial charge < -0.3 is 0 Å². The Labute approximate surface area is 78.6 Å². The third-order valence-corrected chi connectivity index (χ3v) is 2.46. The predicted molar refractivity (Wildman–Crippen MR) is 33.8 cm³/mol. The molecule has 0 aromatic carbocycles. The van der Waals surface area contributed by atoms with Crippen LogP contribution in [0.2, 0.25) is 0 Å². The molecule has 0 bridgehead atoms. The lowest BCUT2D eigenvalue weighted by Gasteiger charge is -2.20. The third kappa shape index (κ3) is 2.68. The Hall–Kier alpha value is -0.140. The summed E-state index contributed by atoms with van der Waals surface area (Å²) in [5.41, 5.74) is 0. The lowest BCUT2D eigenvalue weighted by Crippen LogP contribution is -2.44. The van der Waals surface area contributed by atoms with Crippen molar-refractivity contribution in [2.75, 3.05) is 0 Å². The van der Waals surface area contributed by atoms with Crippen LogP contribution in [-0.2, 0) is 19.5 Å². The smallest absolute Gasteiger partial charge is 0.281 e. The molecule has 0 aliphatic heterocycles. The highest BCUT2D eigenvalue weighted by atomic mass is 32.2. The van der Waals surface area contributed by atoms with Crippen molar-refractivity contribution >= 4 is 22.2 Å². The van der Waals surface area contributed by atoms with Crippen molar-refractivity contribution in [1.29, 1.82) is 0 Å². The van der Waals surface area contributed by atoms with E-state index in [1.54, 1.807) is 0 Å². The lowest BCUT2D eigenvalue weighted by molar-refractivity contribution is -0.434. The van der Waals surface area contributed by atoms with Gasteiger partial charge in [-0.3, -0.25) is 4.55 Å². The summed E-state index contributed by atoms with van der Waals surface area (Å²) < 4.78 is 79.2. The highest BCUT2D eigenvalue weighted by Gasteiger charge is 2.67. The second kappa shape index (κ2) is 4.16. The summed E-state index contributed by atoms with van der Waals surface area (Å²) in [6.45, 7) is 0. The molecule has 86 valence electrons. The molecule has 6 nitrogen and oxygen atoms in total. The van der Waals surface area contributed by atoms with Gasteiger partial charge in [-0.15, -0.1) is 4.33 Å². The van der Waals surface area contributed by atoms with E-state index >= 15 is 0 Å². The van der Waals surface area contributed by atoms with Gasteiger partial charge in [0.05, 0.1) is 0 Å². The zero-order valence-electron chi connectivity index (χ0n) is 5.86. The van der Waals surface area contributed by atoms with Crippen molar-refractivity contribution in [3.63, 3.8) is 0 Å². The molecule has 0 unspecified atom stereocenters. The number of alkyl halides is 4. The van der Waals surface area contributed by atoms with Gasteiger partial charge >= 0.3 is 20.6 Å². The summed E-state index contributed by atoms with van der Waals surface area (Å²) in [5, 5.41) is -1.18. The van der Waals surface area contributed by atoms with Crippen LogP contribution >= 0.6 is 12.0 Å². The molecule has 0 amide bonds. The van der Waals surface area contributed by atoms with Crippen LogP contribution in [0.5, 0.6) is 0 Å². The van der Waals surface area contributed by atoms with Crippen molar-refractivity contribution in [2.45, 2.75) is 10.5 Å². The maximum atomic E-state index is 12.2. The Morgan fingerprint density at radius 1 is 1.21 bits per heavy atom. The Morgan fingerprint density at radius 2 is 1.64 bits per heavy atom. The van der Waals surface area contributed by atoms with Crippen LogP contribution in [0.25, 0.3) is 0 Å². The molecule has 0 aliphatic carbocycles. The average Bonchev–Trinajstić information content (AvgIpc) is 1.98. The second-order valence-electron chi connectivity index (χ2n) is 1.73. The molecular formula is C2H2F4O6S2. The number of hydrogen-bond acceptors (Lipinski definition) is 6. The SMILES string of the molecule is O=S(=O)(O)C(F)(F)C(F)(F)SOOO. The summed E-state index contributed by atoms with van der Waals surface area (Å²) in [6.07, 6.45) is 0. The fourth-order valence-corrected chi connectivity index (χ4v) is 1.19. The standard InChI is InChI=1S/C2H2F4O6S2/c3-1(4,13-12-11-7)2(5,6)14(8,9)10/h7H,(H,8,9,10). The average molecular weight is 262 g/mol. The van der Waals surface area contributed by atoms with Crippen LogP contribution in [0.4, 0.5) is 17.6 Å². The molecule has 0 aliphatic rings. The van der Waals surface area contributed by atoms with E-state index in [0.29, 0.717) is 0 Å². The molecule has 0 saturated heterocycles. The van der Waals surface area contributed by atoms with Gasteiger partial charge in [0.25, 0.3) is 0 Å². The van der Waals surface area contributed by atoms with Gasteiger partial charge in [0.1, 0.15) is 12.0 Å². The molecule has 14 heavy (non-hydrogen) atoms. The maximum Gasteiger partial charge on any atom is 0.444 e. The van der Waals surface area contributed by atoms with E-state index in [0.717, 1.165) is 0 Å². The van der Waals surface area contributed by atoms with Gasteiger partial charge in [0.15, 0.2) is 0 Å². The van der Waals surface area contributed by atoms with Crippen molar-refractivity contribution in [3.05, 3.63) is 0 Å². The zero-order valence-corrected chi connectivity index (χ0v) is 7.49. The normalized spacial score (nSPS) is 14.4. The van der Waals surface area contributed by atoms with Crippen molar-refractivity contribution in [2.24, 2.45) is 0 Å². The Balaban J connectivity index is 4.88. The minimum absolute atomic E-state index is 1.48. The number of halogens is 4. The molecule has 0 fully saturated rings. The van der Waals surface area contributed by atoms with Crippen LogP contribution in [-0.4, -0.2) is 28.7 Å². The predicted octanol–water partition coefficient (Wildman–Crippen LogP) is 1.13. The second-order valence-corrected chi connectivity index (χ2v) is 4.01. The Morgan fingerprint density at radius 3 is 1.93 bits per heavy atom. The van der Waals surface area contributed by atoms with E-state index in [1.165, 1.54) is 0 Å². The first-order valence-electron chi connectivity index (χ1n) is 2.45.